The Morgan fingerprint density at radius 2 is 2.06 bits per heavy atom. The fourth-order valence-electron chi connectivity index (χ4n) is 2.18. The van der Waals surface area contributed by atoms with Gasteiger partial charge in [0, 0.05) is 19.2 Å². The largest absolute Gasteiger partial charge is 0.497 e. The highest BCUT2D eigenvalue weighted by molar-refractivity contribution is 5.94. The number of hydrogen-bond donors (Lipinski definition) is 0. The van der Waals surface area contributed by atoms with Crippen molar-refractivity contribution in [3.8, 4) is 5.75 Å². The van der Waals surface area contributed by atoms with Gasteiger partial charge < -0.3 is 9.64 Å². The van der Waals surface area contributed by atoms with E-state index in [9.17, 15) is 9.18 Å². The van der Waals surface area contributed by atoms with Gasteiger partial charge in [-0.3, -0.25) is 4.79 Å². The zero-order valence-electron chi connectivity index (χ0n) is 10.8. The van der Waals surface area contributed by atoms with E-state index in [1.807, 2.05) is 0 Å². The van der Waals surface area contributed by atoms with Gasteiger partial charge in [0.25, 0.3) is 5.91 Å². The van der Waals surface area contributed by atoms with Crippen molar-refractivity contribution in [2.45, 2.75) is 19.8 Å². The molecule has 1 aliphatic heterocycles. The average Bonchev–Trinajstić information content (AvgIpc) is 2.38. The zero-order valence-corrected chi connectivity index (χ0v) is 10.8. The second-order valence-corrected chi connectivity index (χ2v) is 4.82. The molecular weight excluding hydrogens is 233 g/mol. The minimum absolute atomic E-state index is 0.130. The van der Waals surface area contributed by atoms with Crippen molar-refractivity contribution in [2.24, 2.45) is 5.92 Å². The van der Waals surface area contributed by atoms with Crippen LogP contribution in [0.3, 0.4) is 0 Å². The van der Waals surface area contributed by atoms with Crippen molar-refractivity contribution in [3.63, 3.8) is 0 Å². The van der Waals surface area contributed by atoms with Gasteiger partial charge in [0.1, 0.15) is 11.6 Å². The average molecular weight is 251 g/mol. The number of ether oxygens (including phenoxy) is 1. The quantitative estimate of drug-likeness (QED) is 0.808. The molecule has 1 fully saturated rings. The summed E-state index contributed by atoms with van der Waals surface area (Å²) in [6.45, 7) is 3.60. The predicted molar refractivity (Wildman–Crippen MR) is 67.3 cm³/mol. The number of methoxy groups -OCH3 is 1. The molecule has 0 aromatic heterocycles. The Hall–Kier alpha value is -1.58. The molecule has 98 valence electrons. The molecule has 1 aliphatic rings. The summed E-state index contributed by atoms with van der Waals surface area (Å²) in [6, 6.07) is 4.36. The van der Waals surface area contributed by atoms with E-state index in [0.717, 1.165) is 12.8 Å². The van der Waals surface area contributed by atoms with Crippen LogP contribution in [0.5, 0.6) is 5.75 Å². The van der Waals surface area contributed by atoms with E-state index in [1.165, 1.54) is 19.2 Å². The summed E-state index contributed by atoms with van der Waals surface area (Å²) in [6.07, 6.45) is 1.98. The van der Waals surface area contributed by atoms with E-state index in [2.05, 4.69) is 6.92 Å². The number of carbonyl (C=O) groups is 1. The van der Waals surface area contributed by atoms with Crippen LogP contribution in [0.15, 0.2) is 18.2 Å². The smallest absolute Gasteiger partial charge is 0.256 e. The maximum atomic E-state index is 13.8. The lowest BCUT2D eigenvalue weighted by atomic mass is 9.98. The number of likely N-dealkylation sites (tertiary alicyclic amines) is 1. The summed E-state index contributed by atoms with van der Waals surface area (Å²) < 4.78 is 18.7. The lowest BCUT2D eigenvalue weighted by Gasteiger charge is -2.30. The summed E-state index contributed by atoms with van der Waals surface area (Å²) in [5, 5.41) is 0. The van der Waals surface area contributed by atoms with E-state index < -0.39 is 5.82 Å². The van der Waals surface area contributed by atoms with Crippen molar-refractivity contribution in [1.82, 2.24) is 4.90 Å². The standard InChI is InChI=1S/C14H18FNO2/c1-10-5-7-16(8-6-10)14(17)12-4-3-11(18-2)9-13(12)15/h3-4,9-10H,5-8H2,1-2H3. The third-order valence-electron chi connectivity index (χ3n) is 3.48. The number of piperidine rings is 1. The number of benzene rings is 1. The lowest BCUT2D eigenvalue weighted by molar-refractivity contribution is 0.0692. The molecule has 0 radical (unpaired) electrons. The summed E-state index contributed by atoms with van der Waals surface area (Å²) in [5.74, 6) is 0.339. The van der Waals surface area contributed by atoms with Crippen LogP contribution < -0.4 is 4.74 Å². The normalized spacial score (nSPS) is 16.7. The molecule has 0 aliphatic carbocycles. The highest BCUT2D eigenvalue weighted by atomic mass is 19.1. The van der Waals surface area contributed by atoms with Crippen molar-refractivity contribution in [3.05, 3.63) is 29.6 Å². The third-order valence-corrected chi connectivity index (χ3v) is 3.48. The fraction of sp³-hybridized carbons (Fsp3) is 0.500. The summed E-state index contributed by atoms with van der Waals surface area (Å²) in [7, 11) is 1.47. The SMILES string of the molecule is COc1ccc(C(=O)N2CCC(C)CC2)c(F)c1. The first-order chi connectivity index (χ1) is 8.61. The Kier molecular flexibility index (Phi) is 3.84. The Morgan fingerprint density at radius 3 is 2.61 bits per heavy atom. The van der Waals surface area contributed by atoms with Crippen LogP contribution in [0.2, 0.25) is 0 Å². The van der Waals surface area contributed by atoms with Gasteiger partial charge in [0.05, 0.1) is 12.7 Å². The fourth-order valence-corrected chi connectivity index (χ4v) is 2.18. The molecule has 1 aromatic rings. The van der Waals surface area contributed by atoms with Crippen molar-refractivity contribution in [1.29, 1.82) is 0 Å². The lowest BCUT2D eigenvalue weighted by Crippen LogP contribution is -2.38. The molecule has 4 heteroatoms. The number of rotatable bonds is 2. The van der Waals surface area contributed by atoms with E-state index in [0.29, 0.717) is 24.8 Å². The molecule has 1 heterocycles. The number of halogens is 1. The summed E-state index contributed by atoms with van der Waals surface area (Å²) >= 11 is 0. The minimum atomic E-state index is -0.516. The second kappa shape index (κ2) is 5.38. The van der Waals surface area contributed by atoms with E-state index in [-0.39, 0.29) is 11.5 Å². The van der Waals surface area contributed by atoms with Crippen LogP contribution in [0.1, 0.15) is 30.1 Å². The number of nitrogens with zero attached hydrogens (tertiary/aromatic N) is 1. The van der Waals surface area contributed by atoms with E-state index >= 15 is 0 Å². The Balaban J connectivity index is 2.13. The molecule has 1 saturated heterocycles. The van der Waals surface area contributed by atoms with Gasteiger partial charge >= 0.3 is 0 Å². The molecule has 1 aromatic carbocycles. The van der Waals surface area contributed by atoms with Gasteiger partial charge in [-0.2, -0.15) is 0 Å². The van der Waals surface area contributed by atoms with Crippen molar-refractivity contribution >= 4 is 5.91 Å². The van der Waals surface area contributed by atoms with Crippen molar-refractivity contribution in [2.75, 3.05) is 20.2 Å². The van der Waals surface area contributed by atoms with Gasteiger partial charge in [-0.25, -0.2) is 4.39 Å². The first kappa shape index (κ1) is 12.9. The summed E-state index contributed by atoms with van der Waals surface area (Å²) in [4.78, 5) is 13.9. The van der Waals surface area contributed by atoms with Crippen LogP contribution in [0.25, 0.3) is 0 Å². The molecule has 0 N–H and O–H groups in total. The number of hydrogen-bond acceptors (Lipinski definition) is 2. The molecule has 0 unspecified atom stereocenters. The minimum Gasteiger partial charge on any atom is -0.497 e. The molecule has 0 atom stereocenters. The Bertz CT molecular complexity index is 439. The third kappa shape index (κ3) is 2.63. The van der Waals surface area contributed by atoms with Crippen LogP contribution in [0, 0.1) is 11.7 Å². The molecule has 3 nitrogen and oxygen atoms in total. The van der Waals surface area contributed by atoms with Gasteiger partial charge in [-0.1, -0.05) is 6.92 Å². The summed E-state index contributed by atoms with van der Waals surface area (Å²) in [5.41, 5.74) is 0.130. The Morgan fingerprint density at radius 1 is 1.39 bits per heavy atom. The maximum absolute atomic E-state index is 13.8. The monoisotopic (exact) mass is 251 g/mol. The van der Waals surface area contributed by atoms with Crippen LogP contribution in [0.4, 0.5) is 4.39 Å². The Labute approximate surface area is 107 Å². The molecule has 18 heavy (non-hydrogen) atoms. The van der Waals surface area contributed by atoms with E-state index in [1.54, 1.807) is 11.0 Å². The van der Waals surface area contributed by atoms with Gasteiger partial charge in [0.2, 0.25) is 0 Å². The second-order valence-electron chi connectivity index (χ2n) is 4.82. The zero-order chi connectivity index (χ0) is 13.1. The predicted octanol–water partition coefficient (Wildman–Crippen LogP) is 2.71. The molecule has 0 bridgehead atoms. The molecule has 2 rings (SSSR count). The first-order valence-corrected chi connectivity index (χ1v) is 6.24. The van der Waals surface area contributed by atoms with Gasteiger partial charge in [-0.15, -0.1) is 0 Å². The molecule has 0 saturated carbocycles. The van der Waals surface area contributed by atoms with E-state index in [4.69, 9.17) is 4.74 Å². The van der Waals surface area contributed by atoms with Crippen LogP contribution >= 0.6 is 0 Å². The first-order valence-electron chi connectivity index (χ1n) is 6.24. The molecule has 1 amide bonds. The maximum Gasteiger partial charge on any atom is 0.256 e. The number of carbonyl (C=O) groups excluding carboxylic acids is 1. The van der Waals surface area contributed by atoms with Crippen LogP contribution in [-0.4, -0.2) is 31.0 Å². The molecule has 0 spiro atoms. The van der Waals surface area contributed by atoms with Gasteiger partial charge in [-0.05, 0) is 30.9 Å². The van der Waals surface area contributed by atoms with Crippen molar-refractivity contribution < 1.29 is 13.9 Å². The topological polar surface area (TPSA) is 29.5 Å². The highest BCUT2D eigenvalue weighted by Crippen LogP contribution is 2.21. The molecular formula is C14H18FNO2. The number of amides is 1. The highest BCUT2D eigenvalue weighted by Gasteiger charge is 2.23. The van der Waals surface area contributed by atoms with Gasteiger partial charge in [0.15, 0.2) is 0 Å². The van der Waals surface area contributed by atoms with Crippen LogP contribution in [-0.2, 0) is 0 Å².